The largest absolute Gasteiger partial charge is 0.409 e. The number of fused-ring (bicyclic) bond motifs is 1. The SMILES string of the molecule is CC(C)C[C@]1(N)C(=O)OC(Cl)OC(=O)C(N)Cc2ccccc2C1=O. The molecule has 0 bridgehead atoms. The van der Waals surface area contributed by atoms with Gasteiger partial charge in [0.05, 0.1) is 0 Å². The molecule has 0 saturated heterocycles. The molecule has 1 aromatic rings. The number of hydrogen-bond donors (Lipinski definition) is 2. The number of hydrogen-bond acceptors (Lipinski definition) is 7. The van der Waals surface area contributed by atoms with Crippen molar-refractivity contribution in [1.29, 1.82) is 0 Å². The number of alkyl halides is 1. The van der Waals surface area contributed by atoms with E-state index in [-0.39, 0.29) is 24.3 Å². The molecule has 0 saturated carbocycles. The second-order valence-electron chi connectivity index (χ2n) is 6.48. The second kappa shape index (κ2) is 7.51. The molecule has 2 unspecified atom stereocenters. The van der Waals surface area contributed by atoms with E-state index in [4.69, 9.17) is 32.5 Å². The molecule has 0 aliphatic carbocycles. The van der Waals surface area contributed by atoms with Gasteiger partial charge in [-0.3, -0.25) is 9.59 Å². The highest BCUT2D eigenvalue weighted by Gasteiger charge is 2.46. The maximum Gasteiger partial charge on any atom is 0.338 e. The number of cyclic esters (lactones) is 2. The number of carbonyl (C=O) groups is 3. The quantitative estimate of drug-likeness (QED) is 0.455. The van der Waals surface area contributed by atoms with Gasteiger partial charge in [0.15, 0.2) is 11.3 Å². The van der Waals surface area contributed by atoms with Crippen molar-refractivity contribution in [2.75, 3.05) is 0 Å². The molecule has 3 atom stereocenters. The third kappa shape index (κ3) is 4.18. The molecule has 1 aromatic carbocycles. The fourth-order valence-electron chi connectivity index (χ4n) is 2.79. The minimum Gasteiger partial charge on any atom is -0.409 e. The Balaban J connectivity index is 2.57. The van der Waals surface area contributed by atoms with Gasteiger partial charge >= 0.3 is 17.7 Å². The summed E-state index contributed by atoms with van der Waals surface area (Å²) in [5.41, 5.74) is 10.8. The predicted octanol–water partition coefficient (Wildman–Crippen LogP) is 1.11. The fraction of sp³-hybridized carbons (Fsp3) is 0.471. The van der Waals surface area contributed by atoms with Crippen molar-refractivity contribution in [1.82, 2.24) is 0 Å². The summed E-state index contributed by atoms with van der Waals surface area (Å²) in [7, 11) is 0. The zero-order valence-electron chi connectivity index (χ0n) is 14.0. The molecule has 0 spiro atoms. The molecule has 7 nitrogen and oxygen atoms in total. The molecule has 2 rings (SSSR count). The van der Waals surface area contributed by atoms with Crippen molar-refractivity contribution in [2.45, 2.75) is 44.0 Å². The van der Waals surface area contributed by atoms with Crippen molar-refractivity contribution >= 4 is 29.3 Å². The Morgan fingerprint density at radius 2 is 1.88 bits per heavy atom. The highest BCUT2D eigenvalue weighted by Crippen LogP contribution is 2.26. The molecule has 1 heterocycles. The molecule has 8 heteroatoms. The average Bonchev–Trinajstić information content (AvgIpc) is 2.53. The monoisotopic (exact) mass is 368 g/mol. The number of halogens is 1. The van der Waals surface area contributed by atoms with Crippen molar-refractivity contribution in [3.8, 4) is 0 Å². The summed E-state index contributed by atoms with van der Waals surface area (Å²) >= 11 is 5.74. The molecule has 0 amide bonds. The van der Waals surface area contributed by atoms with E-state index in [0.717, 1.165) is 0 Å². The Kier molecular flexibility index (Phi) is 5.82. The van der Waals surface area contributed by atoms with Crippen LogP contribution in [0.2, 0.25) is 0 Å². The van der Waals surface area contributed by atoms with E-state index in [0.29, 0.717) is 5.56 Å². The fourth-order valence-corrected chi connectivity index (χ4v) is 2.95. The van der Waals surface area contributed by atoms with E-state index in [2.05, 4.69) is 0 Å². The van der Waals surface area contributed by atoms with Gasteiger partial charge in [0.1, 0.15) is 6.04 Å². The van der Waals surface area contributed by atoms with Crippen LogP contribution in [0.15, 0.2) is 24.3 Å². The average molecular weight is 369 g/mol. The van der Waals surface area contributed by atoms with Gasteiger partial charge in [0.2, 0.25) is 0 Å². The normalized spacial score (nSPS) is 28.0. The van der Waals surface area contributed by atoms with Gasteiger partial charge in [-0.25, -0.2) is 4.79 Å². The van der Waals surface area contributed by atoms with Gasteiger partial charge in [-0.05, 0) is 35.9 Å². The van der Waals surface area contributed by atoms with Crippen molar-refractivity contribution < 1.29 is 23.9 Å². The number of esters is 2. The van der Waals surface area contributed by atoms with Gasteiger partial charge in [-0.1, -0.05) is 38.1 Å². The van der Waals surface area contributed by atoms with Crippen LogP contribution in [-0.4, -0.2) is 35.1 Å². The third-order valence-electron chi connectivity index (χ3n) is 3.91. The number of ketones is 1. The number of ether oxygens (including phenoxy) is 2. The lowest BCUT2D eigenvalue weighted by Gasteiger charge is -2.28. The third-order valence-corrected chi connectivity index (χ3v) is 4.09. The molecule has 0 radical (unpaired) electrons. The lowest BCUT2D eigenvalue weighted by atomic mass is 9.81. The standard InChI is InChI=1S/C17H21ClN2O5/c1-9(2)8-17(20)13(21)11-6-4-3-5-10(11)7-12(19)14(22)24-16(18)25-15(17)23/h3-6,9,12,16H,7-8,19-20H2,1-2H3/t12?,16?,17-/m1/s1. The first kappa shape index (κ1) is 19.4. The minimum atomic E-state index is -1.95. The van der Waals surface area contributed by atoms with Crippen LogP contribution >= 0.6 is 11.6 Å². The number of benzene rings is 1. The number of Topliss-reactive ketones (excluding diaryl/α,β-unsaturated/α-hetero) is 1. The van der Waals surface area contributed by atoms with Gasteiger partial charge in [0, 0.05) is 5.56 Å². The minimum absolute atomic E-state index is 0.0380. The highest BCUT2D eigenvalue weighted by atomic mass is 35.5. The molecular weight excluding hydrogens is 348 g/mol. The van der Waals surface area contributed by atoms with Crippen LogP contribution in [0.4, 0.5) is 0 Å². The predicted molar refractivity (Wildman–Crippen MR) is 90.7 cm³/mol. The Hall–Kier alpha value is -1.96. The van der Waals surface area contributed by atoms with E-state index in [1.165, 1.54) is 0 Å². The molecule has 1 aliphatic rings. The summed E-state index contributed by atoms with van der Waals surface area (Å²) in [6, 6.07) is 5.47. The Bertz CT molecular complexity index is 693. The van der Waals surface area contributed by atoms with E-state index < -0.39 is 35.1 Å². The summed E-state index contributed by atoms with van der Waals surface area (Å²) in [4.78, 5) is 37.6. The molecule has 0 aromatic heterocycles. The summed E-state index contributed by atoms with van der Waals surface area (Å²) in [5.74, 6) is -4.28. The Morgan fingerprint density at radius 3 is 2.52 bits per heavy atom. The first-order valence-electron chi connectivity index (χ1n) is 7.88. The maximum atomic E-state index is 13.1. The lowest BCUT2D eigenvalue weighted by Crippen LogP contribution is -2.57. The number of rotatable bonds is 2. The van der Waals surface area contributed by atoms with Crippen molar-refractivity contribution in [3.63, 3.8) is 0 Å². The summed E-state index contributed by atoms with van der Waals surface area (Å²) in [6.45, 7) is 3.64. The van der Waals surface area contributed by atoms with E-state index in [9.17, 15) is 14.4 Å². The van der Waals surface area contributed by atoms with Crippen LogP contribution in [0.3, 0.4) is 0 Å². The number of nitrogens with two attached hydrogens (primary N) is 2. The van der Waals surface area contributed by atoms with Gasteiger partial charge in [0.25, 0.3) is 0 Å². The second-order valence-corrected chi connectivity index (χ2v) is 6.84. The molecular formula is C17H21ClN2O5. The van der Waals surface area contributed by atoms with E-state index >= 15 is 0 Å². The molecule has 0 fully saturated rings. The van der Waals surface area contributed by atoms with Crippen molar-refractivity contribution in [2.24, 2.45) is 17.4 Å². The van der Waals surface area contributed by atoms with Crippen LogP contribution in [0.25, 0.3) is 0 Å². The smallest absolute Gasteiger partial charge is 0.338 e. The van der Waals surface area contributed by atoms with Crippen LogP contribution in [0.5, 0.6) is 0 Å². The van der Waals surface area contributed by atoms with Gasteiger partial charge in [-0.15, -0.1) is 0 Å². The van der Waals surface area contributed by atoms with Crippen LogP contribution in [0, 0.1) is 5.92 Å². The molecule has 25 heavy (non-hydrogen) atoms. The van der Waals surface area contributed by atoms with Gasteiger partial charge in [-0.2, -0.15) is 0 Å². The Labute approximate surface area is 150 Å². The molecule has 136 valence electrons. The summed E-state index contributed by atoms with van der Waals surface area (Å²) in [6.07, 6.45) is 0.0823. The maximum absolute atomic E-state index is 13.1. The molecule has 4 N–H and O–H groups in total. The number of carbonyl (C=O) groups excluding carboxylic acids is 3. The first-order chi connectivity index (χ1) is 11.6. The zero-order valence-corrected chi connectivity index (χ0v) is 14.8. The van der Waals surface area contributed by atoms with Crippen LogP contribution in [-0.2, 0) is 25.5 Å². The van der Waals surface area contributed by atoms with E-state index in [1.54, 1.807) is 24.3 Å². The van der Waals surface area contributed by atoms with Gasteiger partial charge < -0.3 is 20.9 Å². The highest BCUT2D eigenvalue weighted by molar-refractivity contribution is 6.21. The summed E-state index contributed by atoms with van der Waals surface area (Å²) in [5, 5.41) is 0. The lowest BCUT2D eigenvalue weighted by molar-refractivity contribution is -0.177. The van der Waals surface area contributed by atoms with E-state index in [1.807, 2.05) is 13.8 Å². The summed E-state index contributed by atoms with van der Waals surface area (Å²) < 4.78 is 9.69. The first-order valence-corrected chi connectivity index (χ1v) is 8.31. The topological polar surface area (TPSA) is 122 Å². The van der Waals surface area contributed by atoms with Crippen LogP contribution < -0.4 is 11.5 Å². The van der Waals surface area contributed by atoms with Crippen LogP contribution in [0.1, 0.15) is 36.2 Å². The zero-order chi connectivity index (χ0) is 18.8. The Morgan fingerprint density at radius 1 is 1.24 bits per heavy atom. The molecule has 1 aliphatic heterocycles. The van der Waals surface area contributed by atoms with Crippen molar-refractivity contribution in [3.05, 3.63) is 35.4 Å².